The number of piperazine rings is 1. The van der Waals surface area contributed by atoms with Crippen molar-refractivity contribution < 1.29 is 4.79 Å². The Bertz CT molecular complexity index is 1460. The van der Waals surface area contributed by atoms with Crippen molar-refractivity contribution in [2.75, 3.05) is 35.2 Å². The minimum absolute atomic E-state index is 0.242. The molecule has 2 amide bonds. The highest BCUT2D eigenvalue weighted by molar-refractivity contribution is 6.30. The van der Waals surface area contributed by atoms with E-state index in [1.165, 1.54) is 0 Å². The van der Waals surface area contributed by atoms with Crippen molar-refractivity contribution >= 4 is 40.4 Å². The molecular formula is C28H25ClN4O3. The number of hydrogen-bond donors (Lipinski definition) is 2. The number of nitrogens with one attached hydrogen (secondary N) is 2. The Morgan fingerprint density at radius 3 is 2.31 bits per heavy atom. The first-order valence-electron chi connectivity index (χ1n) is 11.7. The van der Waals surface area contributed by atoms with E-state index >= 15 is 0 Å². The Balaban J connectivity index is 1.42. The minimum Gasteiger partial charge on any atom is -0.362 e. The Morgan fingerprint density at radius 2 is 1.58 bits per heavy atom. The van der Waals surface area contributed by atoms with Gasteiger partial charge in [0.25, 0.3) is 10.9 Å². The zero-order chi connectivity index (χ0) is 25.2. The maximum Gasteiger partial charge on any atom is 0.322 e. The zero-order valence-electron chi connectivity index (χ0n) is 19.7. The van der Waals surface area contributed by atoms with Crippen LogP contribution in [-0.2, 0) is 0 Å². The maximum absolute atomic E-state index is 13.3. The van der Waals surface area contributed by atoms with Gasteiger partial charge < -0.3 is 20.4 Å². The molecule has 1 atom stereocenters. The molecule has 0 saturated carbocycles. The van der Waals surface area contributed by atoms with Crippen molar-refractivity contribution in [3.8, 4) is 0 Å². The number of hydrogen-bond acceptors (Lipinski definition) is 5. The molecule has 8 heteroatoms. The molecule has 1 fully saturated rings. The predicted octanol–water partition coefficient (Wildman–Crippen LogP) is 5.08. The lowest BCUT2D eigenvalue weighted by atomic mass is 10.0. The highest BCUT2D eigenvalue weighted by Gasteiger charge is 2.36. The van der Waals surface area contributed by atoms with Gasteiger partial charge in [-0.2, -0.15) is 0 Å². The van der Waals surface area contributed by atoms with Crippen LogP contribution in [0.1, 0.15) is 17.2 Å². The van der Waals surface area contributed by atoms with Gasteiger partial charge in [-0.25, -0.2) is 4.79 Å². The van der Waals surface area contributed by atoms with Gasteiger partial charge in [-0.05, 0) is 48.4 Å². The summed E-state index contributed by atoms with van der Waals surface area (Å²) in [5, 5.41) is 6.69. The van der Waals surface area contributed by atoms with Crippen LogP contribution in [-0.4, -0.2) is 30.6 Å². The van der Waals surface area contributed by atoms with Gasteiger partial charge >= 0.3 is 6.03 Å². The van der Waals surface area contributed by atoms with Gasteiger partial charge in [-0.3, -0.25) is 9.59 Å². The third kappa shape index (κ3) is 4.57. The third-order valence-corrected chi connectivity index (χ3v) is 6.78. The number of aryl methyl sites for hydroxylation is 1. The van der Waals surface area contributed by atoms with Gasteiger partial charge in [0, 0.05) is 36.0 Å². The van der Waals surface area contributed by atoms with Crippen LogP contribution in [0.2, 0.25) is 5.02 Å². The summed E-state index contributed by atoms with van der Waals surface area (Å²) in [6.07, 6.45) is 0. The molecule has 5 rings (SSSR count). The Hall–Kier alpha value is -4.10. The summed E-state index contributed by atoms with van der Waals surface area (Å²) >= 11 is 5.97. The number of urea groups is 1. The van der Waals surface area contributed by atoms with Gasteiger partial charge in [-0.15, -0.1) is 0 Å². The summed E-state index contributed by atoms with van der Waals surface area (Å²) in [5.74, 6) is 0. The van der Waals surface area contributed by atoms with Crippen molar-refractivity contribution in [1.82, 2.24) is 4.90 Å². The highest BCUT2D eigenvalue weighted by atomic mass is 35.5. The molecule has 0 aliphatic carbocycles. The molecule has 1 aliphatic rings. The molecule has 0 aromatic heterocycles. The number of anilines is 4. The summed E-state index contributed by atoms with van der Waals surface area (Å²) in [6, 6.07) is 23.7. The van der Waals surface area contributed by atoms with Crippen LogP contribution in [0.4, 0.5) is 27.5 Å². The second-order valence-corrected chi connectivity index (χ2v) is 9.26. The first-order valence-corrected chi connectivity index (χ1v) is 12.1. The molecule has 2 N–H and O–H groups in total. The number of carbonyl (C=O) groups excluding carboxylic acids is 1. The van der Waals surface area contributed by atoms with E-state index in [-0.39, 0.29) is 12.1 Å². The number of nitrogens with zero attached hydrogens (tertiary/aromatic N) is 2. The quantitative estimate of drug-likeness (QED) is 0.373. The maximum atomic E-state index is 13.3. The van der Waals surface area contributed by atoms with Crippen LogP contribution in [0.5, 0.6) is 0 Å². The molecule has 4 aromatic carbocycles. The second-order valence-electron chi connectivity index (χ2n) is 8.82. The SMILES string of the molecule is Cc1ccccc1Nc1c(N2CCN(C(=O)Nc3ccc(Cl)cc3)C(c3ccccc3)C2)c(=O)c1=O. The Morgan fingerprint density at radius 1 is 0.889 bits per heavy atom. The first-order chi connectivity index (χ1) is 17.4. The fourth-order valence-electron chi connectivity index (χ4n) is 4.56. The van der Waals surface area contributed by atoms with Crippen molar-refractivity contribution in [2.45, 2.75) is 13.0 Å². The molecule has 1 saturated heterocycles. The number of benzene rings is 3. The fraction of sp³-hybridized carbons (Fsp3) is 0.179. The first kappa shape index (κ1) is 23.6. The van der Waals surface area contributed by atoms with Crippen LogP contribution in [0.15, 0.2) is 88.5 Å². The van der Waals surface area contributed by atoms with Crippen molar-refractivity contribution in [3.05, 3.63) is 115 Å². The van der Waals surface area contributed by atoms with E-state index in [9.17, 15) is 14.4 Å². The predicted molar refractivity (Wildman–Crippen MR) is 144 cm³/mol. The lowest BCUT2D eigenvalue weighted by Crippen LogP contribution is -2.55. The molecule has 7 nitrogen and oxygen atoms in total. The summed E-state index contributed by atoms with van der Waals surface area (Å²) in [6.45, 7) is 3.12. The molecule has 0 spiro atoms. The van der Waals surface area contributed by atoms with Gasteiger partial charge in [0.1, 0.15) is 11.4 Å². The third-order valence-electron chi connectivity index (χ3n) is 6.53. The topological polar surface area (TPSA) is 81.8 Å². The van der Waals surface area contributed by atoms with Gasteiger partial charge in [0.2, 0.25) is 0 Å². The minimum atomic E-state index is -0.521. The van der Waals surface area contributed by atoms with Crippen LogP contribution < -0.4 is 26.4 Å². The Labute approximate surface area is 213 Å². The molecule has 1 heterocycles. The van der Waals surface area contributed by atoms with E-state index in [1.54, 1.807) is 29.2 Å². The molecule has 0 radical (unpaired) electrons. The number of carbonyl (C=O) groups is 1. The van der Waals surface area contributed by atoms with Crippen LogP contribution in [0.25, 0.3) is 0 Å². The lowest BCUT2D eigenvalue weighted by Gasteiger charge is -2.43. The number of amides is 2. The van der Waals surface area contributed by atoms with E-state index in [4.69, 9.17) is 11.6 Å². The Kier molecular flexibility index (Phi) is 6.48. The van der Waals surface area contributed by atoms with Crippen LogP contribution in [0, 0.1) is 6.92 Å². The zero-order valence-corrected chi connectivity index (χ0v) is 20.5. The summed E-state index contributed by atoms with van der Waals surface area (Å²) < 4.78 is 0. The van der Waals surface area contributed by atoms with E-state index in [0.717, 1.165) is 16.8 Å². The fourth-order valence-corrected chi connectivity index (χ4v) is 4.69. The summed E-state index contributed by atoms with van der Waals surface area (Å²) in [4.78, 5) is 42.1. The number of para-hydroxylation sites is 1. The molecule has 36 heavy (non-hydrogen) atoms. The molecule has 182 valence electrons. The normalized spacial score (nSPS) is 15.7. The second kappa shape index (κ2) is 9.87. The lowest BCUT2D eigenvalue weighted by molar-refractivity contribution is 0.179. The number of rotatable bonds is 5. The van der Waals surface area contributed by atoms with Gasteiger partial charge in [-0.1, -0.05) is 60.1 Å². The number of halogens is 1. The van der Waals surface area contributed by atoms with Crippen molar-refractivity contribution in [1.29, 1.82) is 0 Å². The standard InChI is InChI=1S/C28H25ClN4O3/c1-18-7-5-6-10-22(18)31-24-25(27(35)26(24)34)32-15-16-33(23(17-32)19-8-3-2-4-9-19)28(36)30-21-13-11-20(29)12-14-21/h2-14,23,31H,15-17H2,1H3,(H,30,36). The molecule has 1 unspecified atom stereocenters. The van der Waals surface area contributed by atoms with E-state index in [1.807, 2.05) is 66.4 Å². The molecular weight excluding hydrogens is 476 g/mol. The monoisotopic (exact) mass is 500 g/mol. The summed E-state index contributed by atoms with van der Waals surface area (Å²) in [5.41, 5.74) is 3.01. The van der Waals surface area contributed by atoms with Crippen molar-refractivity contribution in [2.24, 2.45) is 0 Å². The summed E-state index contributed by atoms with van der Waals surface area (Å²) in [7, 11) is 0. The molecule has 1 aliphatic heterocycles. The average Bonchev–Trinajstić information content (AvgIpc) is 2.91. The smallest absolute Gasteiger partial charge is 0.322 e. The van der Waals surface area contributed by atoms with E-state index in [0.29, 0.717) is 41.7 Å². The van der Waals surface area contributed by atoms with E-state index < -0.39 is 10.9 Å². The van der Waals surface area contributed by atoms with Gasteiger partial charge in [0.05, 0.1) is 6.04 Å². The average molecular weight is 501 g/mol. The van der Waals surface area contributed by atoms with Crippen molar-refractivity contribution in [3.63, 3.8) is 0 Å². The van der Waals surface area contributed by atoms with Crippen LogP contribution >= 0.6 is 11.6 Å². The van der Waals surface area contributed by atoms with Gasteiger partial charge in [0.15, 0.2) is 0 Å². The molecule has 0 bridgehead atoms. The highest BCUT2D eigenvalue weighted by Crippen LogP contribution is 2.32. The largest absolute Gasteiger partial charge is 0.362 e. The van der Waals surface area contributed by atoms with E-state index in [2.05, 4.69) is 10.6 Å². The molecule has 4 aromatic rings. The van der Waals surface area contributed by atoms with Crippen LogP contribution in [0.3, 0.4) is 0 Å².